The Morgan fingerprint density at radius 3 is 2.76 bits per heavy atom. The number of amides is 2. The number of para-hydroxylation sites is 2. The molecular formula is C20H28ClN5O3. The molecule has 2 aromatic rings. The Morgan fingerprint density at radius 2 is 2.03 bits per heavy atom. The number of likely N-dealkylation sites (tertiary alicyclic amines) is 1. The monoisotopic (exact) mass is 421 g/mol. The van der Waals surface area contributed by atoms with Crippen molar-refractivity contribution in [2.24, 2.45) is 11.7 Å². The number of nitrogens with two attached hydrogens (primary N) is 1. The van der Waals surface area contributed by atoms with Gasteiger partial charge in [-0.25, -0.2) is 4.68 Å². The zero-order valence-electron chi connectivity index (χ0n) is 16.7. The van der Waals surface area contributed by atoms with Crippen LogP contribution in [0.4, 0.5) is 0 Å². The van der Waals surface area contributed by atoms with Crippen molar-refractivity contribution in [1.82, 2.24) is 20.0 Å². The quantitative estimate of drug-likeness (QED) is 0.761. The molecule has 0 saturated carbocycles. The van der Waals surface area contributed by atoms with Gasteiger partial charge in [-0.3, -0.25) is 9.59 Å². The van der Waals surface area contributed by atoms with Gasteiger partial charge in [-0.1, -0.05) is 12.1 Å². The second-order valence-corrected chi connectivity index (χ2v) is 7.14. The number of aromatic nitrogens is 2. The average molecular weight is 422 g/mol. The highest BCUT2D eigenvalue weighted by Gasteiger charge is 2.28. The molecule has 8 nitrogen and oxygen atoms in total. The Morgan fingerprint density at radius 1 is 1.28 bits per heavy atom. The molecule has 2 heterocycles. The molecule has 1 aromatic heterocycles. The number of nitrogens with one attached hydrogen (secondary N) is 1. The number of halogens is 1. The van der Waals surface area contributed by atoms with Gasteiger partial charge in [0, 0.05) is 44.4 Å². The highest BCUT2D eigenvalue weighted by Crippen LogP contribution is 2.21. The molecule has 158 valence electrons. The first kappa shape index (κ1) is 22.7. The molecule has 9 heteroatoms. The number of carbonyl (C=O) groups excluding carboxylic acids is 2. The second-order valence-electron chi connectivity index (χ2n) is 7.14. The third kappa shape index (κ3) is 5.71. The van der Waals surface area contributed by atoms with Gasteiger partial charge in [-0.2, -0.15) is 5.10 Å². The third-order valence-electron chi connectivity index (χ3n) is 5.03. The lowest BCUT2D eigenvalue weighted by atomic mass is 10.0. The molecule has 0 aliphatic carbocycles. The number of hydrogen-bond acceptors (Lipinski definition) is 5. The highest BCUT2D eigenvalue weighted by molar-refractivity contribution is 5.85. The van der Waals surface area contributed by atoms with E-state index in [2.05, 4.69) is 10.4 Å². The normalized spacial score (nSPS) is 19.1. The Balaban J connectivity index is 0.00000300. The highest BCUT2D eigenvalue weighted by atomic mass is 35.5. The summed E-state index contributed by atoms with van der Waals surface area (Å²) in [6, 6.07) is 7.52. The predicted octanol–water partition coefficient (Wildman–Crippen LogP) is 1.50. The topological polar surface area (TPSA) is 102 Å². The summed E-state index contributed by atoms with van der Waals surface area (Å²) >= 11 is 0. The minimum absolute atomic E-state index is 0. The lowest BCUT2D eigenvalue weighted by Crippen LogP contribution is -2.42. The van der Waals surface area contributed by atoms with Crippen molar-refractivity contribution in [2.75, 3.05) is 20.2 Å². The van der Waals surface area contributed by atoms with E-state index >= 15 is 0 Å². The molecule has 29 heavy (non-hydrogen) atoms. The zero-order valence-corrected chi connectivity index (χ0v) is 17.5. The van der Waals surface area contributed by atoms with E-state index in [0.717, 1.165) is 23.4 Å². The fourth-order valence-electron chi connectivity index (χ4n) is 3.43. The predicted molar refractivity (Wildman–Crippen MR) is 112 cm³/mol. The second kappa shape index (κ2) is 10.3. The number of ether oxygens (including phenoxy) is 1. The van der Waals surface area contributed by atoms with Crippen LogP contribution in [0.2, 0.25) is 0 Å². The summed E-state index contributed by atoms with van der Waals surface area (Å²) in [6.45, 7) is 2.80. The van der Waals surface area contributed by atoms with Crippen LogP contribution in [0.5, 0.6) is 5.75 Å². The Hall–Kier alpha value is -2.58. The number of benzene rings is 1. The summed E-state index contributed by atoms with van der Waals surface area (Å²) in [4.78, 5) is 26.1. The van der Waals surface area contributed by atoms with E-state index in [4.69, 9.17) is 10.5 Å². The van der Waals surface area contributed by atoms with Crippen LogP contribution in [0.1, 0.15) is 25.3 Å². The molecule has 0 bridgehead atoms. The van der Waals surface area contributed by atoms with Crippen LogP contribution < -0.4 is 15.8 Å². The van der Waals surface area contributed by atoms with Crippen molar-refractivity contribution < 1.29 is 14.3 Å². The van der Waals surface area contributed by atoms with Gasteiger partial charge >= 0.3 is 0 Å². The van der Waals surface area contributed by atoms with E-state index in [9.17, 15) is 9.59 Å². The largest absolute Gasteiger partial charge is 0.494 e. The summed E-state index contributed by atoms with van der Waals surface area (Å²) in [7, 11) is 1.62. The van der Waals surface area contributed by atoms with Crippen LogP contribution >= 0.6 is 12.4 Å². The summed E-state index contributed by atoms with van der Waals surface area (Å²) in [6.07, 6.45) is 4.99. The first-order chi connectivity index (χ1) is 13.5. The minimum Gasteiger partial charge on any atom is -0.494 e. The van der Waals surface area contributed by atoms with Crippen molar-refractivity contribution >= 4 is 24.2 Å². The SMILES string of the molecule is COc1ccccc1-n1cc(CNC(=O)[C@@H]2CC[C@H](N)CN(C(C)=O)C2)cn1.Cl. The van der Waals surface area contributed by atoms with E-state index in [1.807, 2.05) is 30.5 Å². The van der Waals surface area contributed by atoms with Gasteiger partial charge in [0.1, 0.15) is 11.4 Å². The van der Waals surface area contributed by atoms with Crippen molar-refractivity contribution in [1.29, 1.82) is 0 Å². The molecule has 1 saturated heterocycles. The Labute approximate surface area is 176 Å². The molecule has 1 fully saturated rings. The summed E-state index contributed by atoms with van der Waals surface area (Å²) in [5.74, 6) is 0.362. The molecule has 3 N–H and O–H groups in total. The standard InChI is InChI=1S/C20H27N5O3.ClH/c1-14(26)24-12-16(7-8-17(21)13-24)20(27)22-9-15-10-23-25(11-15)18-5-3-4-6-19(18)28-2;/h3-6,10-11,16-17H,7-9,12-13,21H2,1-2H3,(H,22,27);1H/t16-,17+;/m1./s1. The molecule has 0 spiro atoms. The number of rotatable bonds is 5. The maximum Gasteiger partial charge on any atom is 0.225 e. The third-order valence-corrected chi connectivity index (χ3v) is 5.03. The molecule has 2 amide bonds. The number of hydrogen-bond donors (Lipinski definition) is 2. The van der Waals surface area contributed by atoms with Gasteiger partial charge in [0.15, 0.2) is 0 Å². The van der Waals surface area contributed by atoms with Crippen LogP contribution in [0.25, 0.3) is 5.69 Å². The first-order valence-corrected chi connectivity index (χ1v) is 9.43. The maximum atomic E-state index is 12.6. The summed E-state index contributed by atoms with van der Waals surface area (Å²) < 4.78 is 7.09. The summed E-state index contributed by atoms with van der Waals surface area (Å²) in [5, 5.41) is 7.32. The molecule has 1 aromatic carbocycles. The fraction of sp³-hybridized carbons (Fsp3) is 0.450. The van der Waals surface area contributed by atoms with Crippen molar-refractivity contribution in [2.45, 2.75) is 32.4 Å². The van der Waals surface area contributed by atoms with Crippen molar-refractivity contribution in [3.63, 3.8) is 0 Å². The molecule has 3 rings (SSSR count). The van der Waals surface area contributed by atoms with Crippen LogP contribution in [-0.4, -0.2) is 52.7 Å². The molecule has 1 aliphatic rings. The Kier molecular flexibility index (Phi) is 8.04. The van der Waals surface area contributed by atoms with Gasteiger partial charge in [0.05, 0.1) is 19.2 Å². The van der Waals surface area contributed by atoms with Crippen LogP contribution in [0.15, 0.2) is 36.7 Å². The van der Waals surface area contributed by atoms with Crippen LogP contribution in [0, 0.1) is 5.92 Å². The fourth-order valence-corrected chi connectivity index (χ4v) is 3.43. The van der Waals surface area contributed by atoms with E-state index in [0.29, 0.717) is 26.1 Å². The van der Waals surface area contributed by atoms with Crippen molar-refractivity contribution in [3.8, 4) is 11.4 Å². The maximum absolute atomic E-state index is 12.6. The van der Waals surface area contributed by atoms with Crippen LogP contribution in [-0.2, 0) is 16.1 Å². The van der Waals surface area contributed by atoms with Gasteiger partial charge in [-0.05, 0) is 25.0 Å². The average Bonchev–Trinajstić information content (AvgIpc) is 3.07. The number of methoxy groups -OCH3 is 1. The number of nitrogens with zero attached hydrogens (tertiary/aromatic N) is 3. The van der Waals surface area contributed by atoms with Crippen molar-refractivity contribution in [3.05, 3.63) is 42.2 Å². The lowest BCUT2D eigenvalue weighted by Gasteiger charge is -2.23. The molecule has 0 unspecified atom stereocenters. The van der Waals surface area contributed by atoms with Gasteiger partial charge in [0.2, 0.25) is 11.8 Å². The smallest absolute Gasteiger partial charge is 0.225 e. The summed E-state index contributed by atoms with van der Waals surface area (Å²) in [5.41, 5.74) is 7.74. The molecular weight excluding hydrogens is 394 g/mol. The van der Waals surface area contributed by atoms with E-state index in [1.165, 1.54) is 6.92 Å². The van der Waals surface area contributed by atoms with E-state index in [-0.39, 0.29) is 36.2 Å². The lowest BCUT2D eigenvalue weighted by molar-refractivity contribution is -0.131. The first-order valence-electron chi connectivity index (χ1n) is 9.43. The number of carbonyl (C=O) groups is 2. The van der Waals surface area contributed by atoms with Gasteiger partial charge in [-0.15, -0.1) is 12.4 Å². The van der Waals surface area contributed by atoms with Gasteiger partial charge < -0.3 is 20.7 Å². The molecule has 2 atom stereocenters. The van der Waals surface area contributed by atoms with Gasteiger partial charge in [0.25, 0.3) is 0 Å². The zero-order chi connectivity index (χ0) is 20.1. The molecule has 0 radical (unpaired) electrons. The minimum atomic E-state index is -0.248. The molecule has 1 aliphatic heterocycles. The van der Waals surface area contributed by atoms with Crippen LogP contribution in [0.3, 0.4) is 0 Å². The van der Waals surface area contributed by atoms with E-state index in [1.54, 1.807) is 22.9 Å². The Bertz CT molecular complexity index is 841. The van der Waals surface area contributed by atoms with E-state index < -0.39 is 0 Å².